The van der Waals surface area contributed by atoms with E-state index in [4.69, 9.17) is 5.41 Å². The molecule has 2 aromatic rings. The van der Waals surface area contributed by atoms with Crippen LogP contribution in [0, 0.1) is 17.0 Å². The van der Waals surface area contributed by atoms with Gasteiger partial charge in [0.1, 0.15) is 11.5 Å². The van der Waals surface area contributed by atoms with E-state index in [9.17, 15) is 18.7 Å². The van der Waals surface area contributed by atoms with Crippen molar-refractivity contribution >= 4 is 17.7 Å². The summed E-state index contributed by atoms with van der Waals surface area (Å²) in [6, 6.07) is 4.26. The molecular weight excluding hydrogens is 330 g/mol. The maximum atomic E-state index is 13.4. The molecule has 0 saturated heterocycles. The van der Waals surface area contributed by atoms with Crippen molar-refractivity contribution in [2.24, 2.45) is 0 Å². The first-order valence-electron chi connectivity index (χ1n) is 7.55. The predicted molar refractivity (Wildman–Crippen MR) is 90.5 cm³/mol. The minimum Gasteiger partial charge on any atom is -0.504 e. The first kappa shape index (κ1) is 20.1. The van der Waals surface area contributed by atoms with E-state index in [2.05, 4.69) is 18.6 Å². The third-order valence-electron chi connectivity index (χ3n) is 2.85. The third kappa shape index (κ3) is 5.56. The molecule has 0 aliphatic heterocycles. The van der Waals surface area contributed by atoms with Gasteiger partial charge in [-0.2, -0.15) is 0 Å². The SMILES string of the molecule is CCC.COC(=O)/C(=C\c1cc(F)cc(F)c1O)n1ccc(=N)cc1. The molecule has 0 radical (unpaired) electrons. The largest absolute Gasteiger partial charge is 0.504 e. The number of aromatic nitrogens is 1. The van der Waals surface area contributed by atoms with Gasteiger partial charge in [0.25, 0.3) is 0 Å². The first-order chi connectivity index (χ1) is 11.8. The number of halogens is 2. The highest BCUT2D eigenvalue weighted by atomic mass is 19.1. The number of hydrogen-bond donors (Lipinski definition) is 2. The van der Waals surface area contributed by atoms with Gasteiger partial charge in [0, 0.05) is 24.0 Å². The minimum absolute atomic E-state index is 0.0807. The molecule has 0 spiro atoms. The van der Waals surface area contributed by atoms with Crippen molar-refractivity contribution in [3.05, 3.63) is 59.2 Å². The van der Waals surface area contributed by atoms with Crippen molar-refractivity contribution in [1.82, 2.24) is 4.57 Å². The highest BCUT2D eigenvalue weighted by Crippen LogP contribution is 2.26. The number of ether oxygens (including phenoxy) is 1. The molecule has 25 heavy (non-hydrogen) atoms. The molecule has 0 aliphatic carbocycles. The van der Waals surface area contributed by atoms with Gasteiger partial charge in [0.2, 0.25) is 0 Å². The Labute approximate surface area is 144 Å². The summed E-state index contributed by atoms with van der Waals surface area (Å²) in [7, 11) is 1.15. The van der Waals surface area contributed by atoms with E-state index >= 15 is 0 Å². The van der Waals surface area contributed by atoms with Crippen LogP contribution >= 0.6 is 0 Å². The Bertz CT molecular complexity index is 809. The summed E-state index contributed by atoms with van der Waals surface area (Å²) >= 11 is 0. The molecule has 2 rings (SSSR count). The summed E-state index contributed by atoms with van der Waals surface area (Å²) < 4.78 is 32.6. The van der Waals surface area contributed by atoms with Crippen LogP contribution in [0.25, 0.3) is 11.8 Å². The summed E-state index contributed by atoms with van der Waals surface area (Å²) in [5.41, 5.74) is -0.289. The first-order valence-corrected chi connectivity index (χ1v) is 7.55. The van der Waals surface area contributed by atoms with E-state index in [1.54, 1.807) is 0 Å². The van der Waals surface area contributed by atoms with Gasteiger partial charge in [-0.3, -0.25) is 0 Å². The summed E-state index contributed by atoms with van der Waals surface area (Å²) in [4.78, 5) is 11.9. The highest BCUT2D eigenvalue weighted by Gasteiger charge is 2.15. The second kappa shape index (κ2) is 9.36. The van der Waals surface area contributed by atoms with Crippen molar-refractivity contribution in [2.45, 2.75) is 20.3 Å². The topological polar surface area (TPSA) is 75.3 Å². The van der Waals surface area contributed by atoms with Crippen molar-refractivity contribution in [2.75, 3.05) is 7.11 Å². The lowest BCUT2D eigenvalue weighted by Gasteiger charge is -2.10. The number of methoxy groups -OCH3 is 1. The average Bonchev–Trinajstić information content (AvgIpc) is 2.57. The highest BCUT2D eigenvalue weighted by molar-refractivity contribution is 6.15. The molecule has 0 bridgehead atoms. The predicted octanol–water partition coefficient (Wildman–Crippen LogP) is 3.54. The van der Waals surface area contributed by atoms with Gasteiger partial charge in [0.15, 0.2) is 11.6 Å². The maximum Gasteiger partial charge on any atom is 0.355 e. The zero-order valence-electron chi connectivity index (χ0n) is 14.2. The Hall–Kier alpha value is -2.96. The Morgan fingerprint density at radius 2 is 1.84 bits per heavy atom. The number of carbonyl (C=O) groups is 1. The lowest BCUT2D eigenvalue weighted by atomic mass is 10.1. The number of phenolic OH excluding ortho intramolecular Hbond substituents is 1. The molecule has 0 atom stereocenters. The van der Waals surface area contributed by atoms with Crippen LogP contribution in [0.15, 0.2) is 36.7 Å². The fraction of sp³-hybridized carbons (Fsp3) is 0.222. The second-order valence-electron chi connectivity index (χ2n) is 5.05. The molecule has 1 aromatic heterocycles. The Balaban J connectivity index is 0.000000970. The fourth-order valence-electron chi connectivity index (χ4n) is 1.77. The number of esters is 1. The third-order valence-corrected chi connectivity index (χ3v) is 2.85. The average molecular weight is 350 g/mol. The standard InChI is InChI=1S/C15H12F2N2O3.C3H8/c1-22-15(21)13(19-4-2-11(18)3-5-19)7-9-6-10(16)8-12(17)14(9)20;1-3-2/h2-8,18,20H,1H3;3H2,1-2H3/b13-7+;. The van der Waals surface area contributed by atoms with Gasteiger partial charge in [-0.25, -0.2) is 13.6 Å². The lowest BCUT2D eigenvalue weighted by Crippen LogP contribution is -2.12. The number of phenols is 1. The van der Waals surface area contributed by atoms with Crippen LogP contribution in [0.5, 0.6) is 5.75 Å². The van der Waals surface area contributed by atoms with Crippen LogP contribution in [0.3, 0.4) is 0 Å². The molecule has 1 aromatic carbocycles. The van der Waals surface area contributed by atoms with Crippen molar-refractivity contribution in [1.29, 1.82) is 5.41 Å². The molecule has 0 saturated carbocycles. The Morgan fingerprint density at radius 3 is 2.36 bits per heavy atom. The number of carbonyl (C=O) groups excluding carboxylic acids is 1. The van der Waals surface area contributed by atoms with Gasteiger partial charge in [-0.05, 0) is 24.3 Å². The monoisotopic (exact) mass is 350 g/mol. The van der Waals surface area contributed by atoms with Gasteiger partial charge in [-0.15, -0.1) is 0 Å². The number of nitrogens with zero attached hydrogens (tertiary/aromatic N) is 1. The van der Waals surface area contributed by atoms with E-state index in [0.717, 1.165) is 19.3 Å². The number of nitrogens with one attached hydrogen (secondary N) is 1. The summed E-state index contributed by atoms with van der Waals surface area (Å²) in [6.45, 7) is 4.25. The van der Waals surface area contributed by atoms with Crippen molar-refractivity contribution in [3.63, 3.8) is 0 Å². The number of aromatic hydroxyl groups is 1. The van der Waals surface area contributed by atoms with Crippen LogP contribution in [-0.4, -0.2) is 22.8 Å². The van der Waals surface area contributed by atoms with Crippen LogP contribution in [0.1, 0.15) is 25.8 Å². The molecule has 134 valence electrons. The molecule has 2 N–H and O–H groups in total. The number of benzene rings is 1. The van der Waals surface area contributed by atoms with Crippen LogP contribution in [0.2, 0.25) is 0 Å². The Kier molecular flexibility index (Phi) is 7.52. The number of hydrogen-bond acceptors (Lipinski definition) is 4. The van der Waals surface area contributed by atoms with Crippen LogP contribution < -0.4 is 5.36 Å². The molecule has 0 amide bonds. The van der Waals surface area contributed by atoms with Gasteiger partial charge < -0.3 is 19.8 Å². The summed E-state index contributed by atoms with van der Waals surface area (Å²) in [6.07, 6.45) is 5.17. The number of rotatable bonds is 3. The molecule has 1 heterocycles. The smallest absolute Gasteiger partial charge is 0.355 e. The molecule has 0 fully saturated rings. The molecule has 7 heteroatoms. The van der Waals surface area contributed by atoms with E-state index in [0.29, 0.717) is 6.07 Å². The van der Waals surface area contributed by atoms with Crippen LogP contribution in [0.4, 0.5) is 8.78 Å². The second-order valence-corrected chi connectivity index (χ2v) is 5.05. The van der Waals surface area contributed by atoms with Crippen LogP contribution in [-0.2, 0) is 9.53 Å². The van der Waals surface area contributed by atoms with Gasteiger partial charge >= 0.3 is 5.97 Å². The lowest BCUT2D eigenvalue weighted by molar-refractivity contribution is -0.134. The minimum atomic E-state index is -1.14. The molecule has 0 unspecified atom stereocenters. The zero-order valence-corrected chi connectivity index (χ0v) is 14.2. The normalized spacial score (nSPS) is 10.7. The van der Waals surface area contributed by atoms with Gasteiger partial charge in [-0.1, -0.05) is 20.3 Å². The van der Waals surface area contributed by atoms with Crippen molar-refractivity contribution < 1.29 is 23.4 Å². The van der Waals surface area contributed by atoms with E-state index in [-0.39, 0.29) is 16.6 Å². The molecule has 0 aliphatic rings. The Morgan fingerprint density at radius 1 is 1.28 bits per heavy atom. The quantitative estimate of drug-likeness (QED) is 0.657. The molecular formula is C18H20F2N2O3. The summed E-state index contributed by atoms with van der Waals surface area (Å²) in [5, 5.41) is 17.3. The summed E-state index contributed by atoms with van der Waals surface area (Å²) in [5.74, 6) is -3.58. The maximum absolute atomic E-state index is 13.4. The van der Waals surface area contributed by atoms with E-state index in [1.165, 1.54) is 35.5 Å². The molecule has 5 nitrogen and oxygen atoms in total. The number of pyridine rings is 1. The van der Waals surface area contributed by atoms with Crippen molar-refractivity contribution in [3.8, 4) is 5.75 Å². The van der Waals surface area contributed by atoms with Gasteiger partial charge in [0.05, 0.1) is 12.5 Å². The fourth-order valence-corrected chi connectivity index (χ4v) is 1.77. The van der Waals surface area contributed by atoms with E-state index < -0.39 is 23.4 Å². The zero-order chi connectivity index (χ0) is 19.0. The van der Waals surface area contributed by atoms with E-state index in [1.807, 2.05) is 0 Å².